The Bertz CT molecular complexity index is 485. The average Bonchev–Trinajstić information content (AvgIpc) is 2.69. The number of benzene rings is 1. The van der Waals surface area contributed by atoms with Crippen LogP contribution >= 0.6 is 0 Å². The second-order valence-corrected chi connectivity index (χ2v) is 8.04. The van der Waals surface area contributed by atoms with Crippen molar-refractivity contribution in [3.8, 4) is 0 Å². The molecule has 0 amide bonds. The summed E-state index contributed by atoms with van der Waals surface area (Å²) in [5, 5.41) is 0. The van der Waals surface area contributed by atoms with Crippen molar-refractivity contribution in [2.75, 3.05) is 0 Å². The number of hydrogen-bond donors (Lipinski definition) is 0. The zero-order chi connectivity index (χ0) is 15.8. The Morgan fingerprint density at radius 2 is 1.45 bits per heavy atom. The summed E-state index contributed by atoms with van der Waals surface area (Å²) >= 11 is 0. The first-order valence-electron chi connectivity index (χ1n) is 8.82. The van der Waals surface area contributed by atoms with Gasteiger partial charge in [-0.05, 0) is 51.1 Å². The van der Waals surface area contributed by atoms with Crippen LogP contribution < -0.4 is 5.46 Å². The average molecular weight is 300 g/mol. The summed E-state index contributed by atoms with van der Waals surface area (Å²) in [5.74, 6) is 0.886. The largest absolute Gasteiger partial charge is 0.494 e. The van der Waals surface area contributed by atoms with E-state index in [1.165, 1.54) is 44.1 Å². The van der Waals surface area contributed by atoms with E-state index in [0.29, 0.717) is 0 Å². The molecular formula is C19H29BO2. The molecule has 1 heterocycles. The van der Waals surface area contributed by atoms with Gasteiger partial charge in [-0.25, -0.2) is 0 Å². The molecule has 2 fully saturated rings. The van der Waals surface area contributed by atoms with E-state index in [9.17, 15) is 0 Å². The highest BCUT2D eigenvalue weighted by Crippen LogP contribution is 2.36. The summed E-state index contributed by atoms with van der Waals surface area (Å²) in [6.45, 7) is 8.41. The second kappa shape index (κ2) is 6.01. The monoisotopic (exact) mass is 300 g/mol. The van der Waals surface area contributed by atoms with Gasteiger partial charge in [0, 0.05) is 0 Å². The SMILES string of the molecule is CC1(C)OB(c2ccc(CC3CCCCC3)cc2)OC1(C)C. The highest BCUT2D eigenvalue weighted by molar-refractivity contribution is 6.62. The van der Waals surface area contributed by atoms with Gasteiger partial charge < -0.3 is 9.31 Å². The predicted molar refractivity (Wildman–Crippen MR) is 92.4 cm³/mol. The molecule has 1 aromatic rings. The van der Waals surface area contributed by atoms with Crippen LogP contribution in [0.1, 0.15) is 65.4 Å². The minimum Gasteiger partial charge on any atom is -0.399 e. The van der Waals surface area contributed by atoms with E-state index in [1.807, 2.05) is 0 Å². The molecule has 0 bridgehead atoms. The Hall–Kier alpha value is -0.795. The van der Waals surface area contributed by atoms with Crippen molar-refractivity contribution in [2.45, 2.75) is 77.4 Å². The van der Waals surface area contributed by atoms with Crippen molar-refractivity contribution in [3.63, 3.8) is 0 Å². The van der Waals surface area contributed by atoms with Crippen molar-refractivity contribution in [3.05, 3.63) is 29.8 Å². The van der Waals surface area contributed by atoms with Gasteiger partial charge in [0.05, 0.1) is 11.2 Å². The molecule has 22 heavy (non-hydrogen) atoms. The summed E-state index contributed by atoms with van der Waals surface area (Å²) in [5.41, 5.74) is 2.05. The summed E-state index contributed by atoms with van der Waals surface area (Å²) in [6.07, 6.45) is 8.28. The maximum absolute atomic E-state index is 6.12. The van der Waals surface area contributed by atoms with E-state index in [2.05, 4.69) is 52.0 Å². The van der Waals surface area contributed by atoms with Crippen LogP contribution in [0.25, 0.3) is 0 Å². The van der Waals surface area contributed by atoms with E-state index >= 15 is 0 Å². The first-order chi connectivity index (χ1) is 10.4. The van der Waals surface area contributed by atoms with Crippen molar-refractivity contribution >= 4 is 12.6 Å². The van der Waals surface area contributed by atoms with E-state index in [1.54, 1.807) is 0 Å². The van der Waals surface area contributed by atoms with E-state index < -0.39 is 0 Å². The van der Waals surface area contributed by atoms with Gasteiger partial charge in [0.2, 0.25) is 0 Å². The van der Waals surface area contributed by atoms with Crippen LogP contribution in [0, 0.1) is 5.92 Å². The predicted octanol–water partition coefficient (Wildman–Crippen LogP) is 4.11. The normalized spacial score (nSPS) is 24.6. The van der Waals surface area contributed by atoms with Crippen molar-refractivity contribution in [1.82, 2.24) is 0 Å². The summed E-state index contributed by atoms with van der Waals surface area (Å²) in [7, 11) is -0.242. The fraction of sp³-hybridized carbons (Fsp3) is 0.684. The third-order valence-electron chi connectivity index (χ3n) is 5.75. The van der Waals surface area contributed by atoms with Gasteiger partial charge in [-0.3, -0.25) is 0 Å². The maximum Gasteiger partial charge on any atom is 0.494 e. The van der Waals surface area contributed by atoms with E-state index in [0.717, 1.165) is 11.4 Å². The first kappa shape index (κ1) is 16.1. The quantitative estimate of drug-likeness (QED) is 0.782. The third kappa shape index (κ3) is 3.26. The molecule has 0 radical (unpaired) electrons. The van der Waals surface area contributed by atoms with Crippen molar-refractivity contribution in [2.24, 2.45) is 5.92 Å². The minimum absolute atomic E-state index is 0.242. The van der Waals surface area contributed by atoms with Gasteiger partial charge in [-0.2, -0.15) is 0 Å². The van der Waals surface area contributed by atoms with E-state index in [4.69, 9.17) is 9.31 Å². The Kier molecular flexibility index (Phi) is 4.39. The lowest BCUT2D eigenvalue weighted by atomic mass is 9.78. The minimum atomic E-state index is -0.265. The Morgan fingerprint density at radius 1 is 0.909 bits per heavy atom. The fourth-order valence-corrected chi connectivity index (χ4v) is 3.51. The molecule has 0 N–H and O–H groups in total. The lowest BCUT2D eigenvalue weighted by Crippen LogP contribution is -2.41. The zero-order valence-electron chi connectivity index (χ0n) is 14.5. The van der Waals surface area contributed by atoms with Gasteiger partial charge >= 0.3 is 7.12 Å². The molecule has 2 aliphatic rings. The Labute approximate surface area is 135 Å². The van der Waals surface area contributed by atoms with E-state index in [-0.39, 0.29) is 18.3 Å². The molecule has 1 saturated carbocycles. The van der Waals surface area contributed by atoms with Gasteiger partial charge in [-0.15, -0.1) is 0 Å². The highest BCUT2D eigenvalue weighted by Gasteiger charge is 2.51. The Morgan fingerprint density at radius 3 is 2.00 bits per heavy atom. The van der Waals surface area contributed by atoms with Gasteiger partial charge in [0.15, 0.2) is 0 Å². The van der Waals surface area contributed by atoms with Gasteiger partial charge in [0.1, 0.15) is 0 Å². The number of rotatable bonds is 3. The highest BCUT2D eigenvalue weighted by atomic mass is 16.7. The van der Waals surface area contributed by atoms with Crippen LogP contribution in [0.5, 0.6) is 0 Å². The topological polar surface area (TPSA) is 18.5 Å². The van der Waals surface area contributed by atoms with Crippen LogP contribution in [0.4, 0.5) is 0 Å². The fourth-order valence-electron chi connectivity index (χ4n) is 3.51. The molecule has 120 valence electrons. The number of hydrogen-bond acceptors (Lipinski definition) is 2. The molecule has 3 rings (SSSR count). The smallest absolute Gasteiger partial charge is 0.399 e. The van der Waals surface area contributed by atoms with Crippen LogP contribution in [0.2, 0.25) is 0 Å². The first-order valence-corrected chi connectivity index (χ1v) is 8.82. The standard InChI is InChI=1S/C19H29BO2/c1-18(2)19(3,4)22-20(21-18)17-12-10-16(11-13-17)14-15-8-6-5-7-9-15/h10-13,15H,5-9,14H2,1-4H3. The summed E-state index contributed by atoms with van der Waals surface area (Å²) in [6, 6.07) is 8.88. The van der Waals surface area contributed by atoms with Gasteiger partial charge in [-0.1, -0.05) is 56.4 Å². The van der Waals surface area contributed by atoms with Gasteiger partial charge in [0.25, 0.3) is 0 Å². The van der Waals surface area contributed by atoms with Crippen LogP contribution in [-0.4, -0.2) is 18.3 Å². The summed E-state index contributed by atoms with van der Waals surface area (Å²) < 4.78 is 12.2. The van der Waals surface area contributed by atoms with Crippen molar-refractivity contribution < 1.29 is 9.31 Å². The molecule has 1 aromatic carbocycles. The second-order valence-electron chi connectivity index (χ2n) is 8.04. The van der Waals surface area contributed by atoms with Crippen LogP contribution in [0.3, 0.4) is 0 Å². The Balaban J connectivity index is 1.65. The third-order valence-corrected chi connectivity index (χ3v) is 5.75. The zero-order valence-corrected chi connectivity index (χ0v) is 14.5. The molecule has 1 aliphatic heterocycles. The molecular weight excluding hydrogens is 271 g/mol. The maximum atomic E-state index is 6.12. The van der Waals surface area contributed by atoms with Crippen molar-refractivity contribution in [1.29, 1.82) is 0 Å². The molecule has 1 saturated heterocycles. The molecule has 0 spiro atoms. The lowest BCUT2D eigenvalue weighted by molar-refractivity contribution is 0.00578. The summed E-state index contributed by atoms with van der Waals surface area (Å²) in [4.78, 5) is 0. The molecule has 3 heteroatoms. The molecule has 0 atom stereocenters. The molecule has 0 unspecified atom stereocenters. The lowest BCUT2D eigenvalue weighted by Gasteiger charge is -2.32. The molecule has 2 nitrogen and oxygen atoms in total. The molecule has 1 aliphatic carbocycles. The van der Waals surface area contributed by atoms with Crippen LogP contribution in [-0.2, 0) is 15.7 Å². The molecule has 0 aromatic heterocycles. The van der Waals surface area contributed by atoms with Crippen LogP contribution in [0.15, 0.2) is 24.3 Å².